The molecule has 0 saturated heterocycles. The Labute approximate surface area is 164 Å². The van der Waals surface area contributed by atoms with Crippen LogP contribution >= 0.6 is 0 Å². The molecule has 0 spiro atoms. The van der Waals surface area contributed by atoms with Crippen molar-refractivity contribution < 1.29 is 28.2 Å². The lowest BCUT2D eigenvalue weighted by Gasteiger charge is -2.09. The molecule has 6 N–H and O–H groups in total. The van der Waals surface area contributed by atoms with Gasteiger partial charge in [-0.1, -0.05) is 0 Å². The first-order valence-corrected chi connectivity index (χ1v) is 8.75. The number of ether oxygens (including phenoxy) is 1. The molecule has 1 unspecified atom stereocenters. The Morgan fingerprint density at radius 1 is 1.14 bits per heavy atom. The molecule has 0 radical (unpaired) electrons. The second-order valence-corrected chi connectivity index (χ2v) is 5.63. The summed E-state index contributed by atoms with van der Waals surface area (Å²) >= 11 is -0.750. The lowest BCUT2D eigenvalue weighted by molar-refractivity contribution is -0.145. The van der Waals surface area contributed by atoms with E-state index in [1.807, 2.05) is 43.3 Å². The van der Waals surface area contributed by atoms with Crippen LogP contribution in [0, 0.1) is 0 Å². The smallest absolute Gasteiger partial charge is 0.335 e. The van der Waals surface area contributed by atoms with Gasteiger partial charge in [0.25, 0.3) is 0 Å². The molecule has 28 heavy (non-hydrogen) atoms. The molecule has 0 amide bonds. The lowest BCUT2D eigenvalue weighted by atomic mass is 10.1. The van der Waals surface area contributed by atoms with Crippen LogP contribution in [0.2, 0.25) is 0 Å². The number of hydrogen-bond donors (Lipinski definition) is 4. The third-order valence-corrected chi connectivity index (χ3v) is 3.48. The van der Waals surface area contributed by atoms with Crippen molar-refractivity contribution in [1.29, 1.82) is 0 Å². The van der Waals surface area contributed by atoms with E-state index in [1.165, 1.54) is 6.92 Å². The molecule has 0 fully saturated rings. The molecule has 0 aliphatic heterocycles. The average molecular weight is 407 g/mol. The minimum Gasteiger partial charge on any atom is -0.494 e. The van der Waals surface area contributed by atoms with Crippen molar-refractivity contribution in [2.45, 2.75) is 20.0 Å². The highest BCUT2D eigenvalue weighted by molar-refractivity contribution is 7.51. The van der Waals surface area contributed by atoms with Crippen LogP contribution in [-0.4, -0.2) is 42.3 Å². The Morgan fingerprint density at radius 2 is 1.75 bits per heavy atom. The second-order valence-electron chi connectivity index (χ2n) is 5.50. The molecule has 3 rings (SSSR count). The van der Waals surface area contributed by atoms with Crippen LogP contribution in [0.5, 0.6) is 5.75 Å². The maximum Gasteiger partial charge on any atom is 0.335 e. The summed E-state index contributed by atoms with van der Waals surface area (Å²) in [6.07, 6.45) is -1.23. The number of fused-ring (bicyclic) bond motifs is 2. The van der Waals surface area contributed by atoms with E-state index in [-0.39, 0.29) is 0 Å². The van der Waals surface area contributed by atoms with Crippen LogP contribution in [0.25, 0.3) is 21.8 Å². The first-order chi connectivity index (χ1) is 13.2. The number of benzene rings is 2. The summed E-state index contributed by atoms with van der Waals surface area (Å²) in [5.41, 5.74) is 15.1. The Morgan fingerprint density at radius 3 is 2.29 bits per heavy atom. The van der Waals surface area contributed by atoms with E-state index in [2.05, 4.69) is 4.98 Å². The van der Waals surface area contributed by atoms with Gasteiger partial charge in [-0.2, -0.15) is 8.42 Å². The van der Waals surface area contributed by atoms with E-state index in [4.69, 9.17) is 34.8 Å². The quantitative estimate of drug-likeness (QED) is 0.373. The zero-order valence-electron chi connectivity index (χ0n) is 15.3. The number of carboxylic acid groups (broad SMARTS) is 1. The molecular formula is C18H21N3O6S. The van der Waals surface area contributed by atoms with Gasteiger partial charge in [0.1, 0.15) is 11.9 Å². The van der Waals surface area contributed by atoms with Gasteiger partial charge in [0.05, 0.1) is 23.3 Å². The van der Waals surface area contributed by atoms with Gasteiger partial charge in [-0.25, -0.2) is 9.78 Å². The van der Waals surface area contributed by atoms with Crippen molar-refractivity contribution in [3.8, 4) is 5.75 Å². The van der Waals surface area contributed by atoms with Gasteiger partial charge in [0, 0.05) is 16.5 Å². The molecular weight excluding hydrogens is 386 g/mol. The highest BCUT2D eigenvalue weighted by Gasteiger charge is 2.08. The average Bonchev–Trinajstić information content (AvgIpc) is 2.63. The predicted molar refractivity (Wildman–Crippen MR) is 107 cm³/mol. The van der Waals surface area contributed by atoms with Crippen LogP contribution in [0.15, 0.2) is 36.4 Å². The van der Waals surface area contributed by atoms with Crippen LogP contribution in [0.4, 0.5) is 11.4 Å². The molecule has 0 bridgehead atoms. The minimum absolute atomic E-state index is 0.628. The van der Waals surface area contributed by atoms with Gasteiger partial charge >= 0.3 is 17.5 Å². The van der Waals surface area contributed by atoms with Crippen molar-refractivity contribution in [2.24, 2.45) is 0 Å². The molecule has 0 saturated carbocycles. The predicted octanol–water partition coefficient (Wildman–Crippen LogP) is 1.73. The van der Waals surface area contributed by atoms with Crippen molar-refractivity contribution in [1.82, 2.24) is 4.98 Å². The number of nitrogen functional groups attached to an aromatic ring is 2. The summed E-state index contributed by atoms with van der Waals surface area (Å²) in [6.45, 7) is 3.78. The Bertz CT molecular complexity index is 1000. The Kier molecular flexibility index (Phi) is 8.79. The van der Waals surface area contributed by atoms with Gasteiger partial charge in [-0.05, 0) is 50.2 Å². The first-order valence-electron chi connectivity index (χ1n) is 8.09. The summed E-state index contributed by atoms with van der Waals surface area (Å²) in [7, 11) is 0. The maximum atomic E-state index is 9.45. The van der Waals surface area contributed by atoms with E-state index in [0.29, 0.717) is 18.0 Å². The molecule has 2 aromatic carbocycles. The van der Waals surface area contributed by atoms with E-state index in [0.717, 1.165) is 27.6 Å². The SMILES string of the molecule is CC(O)C(=O)O.CCOc1ccc2nc3cc(N)ccc3c(N)c2c1.O=S=O. The molecule has 1 atom stereocenters. The molecule has 1 aromatic heterocycles. The van der Waals surface area contributed by atoms with Crippen LogP contribution < -0.4 is 16.2 Å². The highest BCUT2D eigenvalue weighted by Crippen LogP contribution is 2.31. The van der Waals surface area contributed by atoms with Gasteiger partial charge in [0.15, 0.2) is 0 Å². The van der Waals surface area contributed by atoms with Gasteiger partial charge in [-0.15, -0.1) is 0 Å². The number of pyridine rings is 1. The van der Waals surface area contributed by atoms with E-state index in [9.17, 15) is 4.79 Å². The fraction of sp³-hybridized carbons (Fsp3) is 0.222. The van der Waals surface area contributed by atoms with E-state index >= 15 is 0 Å². The zero-order valence-corrected chi connectivity index (χ0v) is 16.1. The van der Waals surface area contributed by atoms with Crippen molar-refractivity contribution >= 4 is 50.7 Å². The summed E-state index contributed by atoms with van der Waals surface area (Å²) in [6, 6.07) is 11.3. The van der Waals surface area contributed by atoms with Gasteiger partial charge in [-0.3, -0.25) is 0 Å². The topological polar surface area (TPSA) is 166 Å². The number of hydrogen-bond acceptors (Lipinski definition) is 8. The van der Waals surface area contributed by atoms with Crippen molar-refractivity contribution in [3.05, 3.63) is 36.4 Å². The normalized spacial score (nSPS) is 10.8. The fourth-order valence-electron chi connectivity index (χ4n) is 2.23. The maximum absolute atomic E-state index is 9.45. The van der Waals surface area contributed by atoms with Gasteiger partial charge < -0.3 is 26.4 Å². The van der Waals surface area contributed by atoms with E-state index < -0.39 is 23.6 Å². The zero-order chi connectivity index (χ0) is 21.3. The number of carbonyl (C=O) groups is 1. The third kappa shape index (κ3) is 6.18. The largest absolute Gasteiger partial charge is 0.494 e. The number of aromatic nitrogens is 1. The minimum atomic E-state index is -1.23. The summed E-state index contributed by atoms with van der Waals surface area (Å²) in [5.74, 6) is -0.381. The van der Waals surface area contributed by atoms with Crippen molar-refractivity contribution in [2.75, 3.05) is 18.1 Å². The van der Waals surface area contributed by atoms with Crippen LogP contribution in [0.1, 0.15) is 13.8 Å². The monoisotopic (exact) mass is 407 g/mol. The number of aliphatic hydroxyl groups is 1. The Hall–Kier alpha value is -3.24. The number of nitrogens with two attached hydrogens (primary N) is 2. The molecule has 3 aromatic rings. The molecule has 0 aliphatic rings. The third-order valence-electron chi connectivity index (χ3n) is 3.48. The fourth-order valence-corrected chi connectivity index (χ4v) is 2.23. The standard InChI is InChI=1S/C15H15N3O.C3H6O3.O2S/c1-2-19-10-4-6-13-12(8-10)15(17)11-5-3-9(16)7-14(11)18-13;1-2(4)3(5)6;1-3-2/h3-8H,2,16H2,1H3,(H2,17,18);2,4H,1H3,(H,5,6);. The van der Waals surface area contributed by atoms with Crippen LogP contribution in [-0.2, 0) is 16.4 Å². The molecule has 9 nitrogen and oxygen atoms in total. The molecule has 0 aliphatic carbocycles. The number of nitrogens with zero attached hydrogens (tertiary/aromatic N) is 1. The second kappa shape index (κ2) is 10.8. The molecule has 1 heterocycles. The molecule has 150 valence electrons. The number of aliphatic hydroxyl groups excluding tert-OH is 1. The number of aliphatic carboxylic acids is 1. The Balaban J connectivity index is 0.000000370. The van der Waals surface area contributed by atoms with Crippen molar-refractivity contribution in [3.63, 3.8) is 0 Å². The summed E-state index contributed by atoms with van der Waals surface area (Å²) in [5, 5.41) is 17.6. The number of carboxylic acids is 1. The van der Waals surface area contributed by atoms with E-state index in [1.54, 1.807) is 0 Å². The highest BCUT2D eigenvalue weighted by atomic mass is 32.1. The molecule has 10 heteroatoms. The lowest BCUT2D eigenvalue weighted by Crippen LogP contribution is -2.13. The van der Waals surface area contributed by atoms with Gasteiger partial charge in [0.2, 0.25) is 0 Å². The van der Waals surface area contributed by atoms with Crippen LogP contribution in [0.3, 0.4) is 0 Å². The summed E-state index contributed by atoms with van der Waals surface area (Å²) in [4.78, 5) is 14.0. The first kappa shape index (κ1) is 22.8. The number of anilines is 2. The summed E-state index contributed by atoms with van der Waals surface area (Å²) < 4.78 is 22.1. The number of rotatable bonds is 3.